The predicted molar refractivity (Wildman–Crippen MR) is 198 cm³/mol. The van der Waals surface area contributed by atoms with Crippen LogP contribution in [0.2, 0.25) is 0 Å². The Kier molecular flexibility index (Phi) is 4.70. The van der Waals surface area contributed by atoms with Crippen LogP contribution in [0.4, 0.5) is 22.0 Å². The number of amides is 1. The molecular weight excluding hydrogens is 710 g/mol. The van der Waals surface area contributed by atoms with Gasteiger partial charge in [0.15, 0.2) is 17.1 Å². The number of methoxy groups -OCH3 is 1. The Balaban J connectivity index is 1.87. The standard InChI is InChI=1S/C41H40F5N3O3S/c1-27-22-29(28-12-14-32(15-13-28)41(44,45)46)10-11-30(27)24-48(33-16-18-47(19-17-33)20-21-52-2)38(51)25-49-36-9-4-3-7-34(36)37(50)23-39(49)53-26-31-6-5-8-35(42)40(31)43/h3-15,22-23,33H,16-21,24-26H2,1-2H3/i3D,4D,5D,6D,7D,8D,9D,10D,11D,12D,13D,14D,15D,16D2,17D2,18D2,19D2,20D2,21D2,22D,23D,24D2,25D2,33D. The molecule has 6 nitrogen and oxygen atoms in total. The van der Waals surface area contributed by atoms with E-state index in [1.165, 1.54) is 0 Å². The van der Waals surface area contributed by atoms with Crippen LogP contribution in [0.1, 0.15) is 78.9 Å². The van der Waals surface area contributed by atoms with E-state index in [1.54, 1.807) is 0 Å². The zero-order valence-electron chi connectivity index (χ0n) is 58.6. The molecule has 1 aliphatic heterocycles. The molecule has 1 aromatic heterocycles. The van der Waals surface area contributed by atoms with Crippen LogP contribution >= 0.6 is 11.8 Å². The molecule has 278 valence electrons. The largest absolute Gasteiger partial charge is 0.416 e. The third kappa shape index (κ3) is 9.00. The van der Waals surface area contributed by atoms with Gasteiger partial charge in [0, 0.05) is 75.6 Å². The minimum absolute atomic E-state index is 0.315. The Hall–Kier alpha value is -4.52. The van der Waals surface area contributed by atoms with Gasteiger partial charge in [0.1, 0.15) is 6.50 Å². The van der Waals surface area contributed by atoms with Crippen LogP contribution in [0.5, 0.6) is 0 Å². The van der Waals surface area contributed by atoms with Gasteiger partial charge in [0.05, 0.1) is 52.8 Å². The molecule has 6 rings (SSSR count). The fourth-order valence-corrected chi connectivity index (χ4v) is 5.03. The molecule has 1 saturated heterocycles. The van der Waals surface area contributed by atoms with E-state index in [0.717, 1.165) is 0 Å². The number of rotatable bonds is 12. The van der Waals surface area contributed by atoms with Gasteiger partial charge in [-0.1, -0.05) is 54.4 Å². The highest BCUT2D eigenvalue weighted by Gasteiger charge is 2.31. The SMILES string of the molecule is [2H]c1c([2H])c(F)c(F)c(CSc2c([2H])c(=O)c3c([2H])c([2H])c([2H])c([2H])c3n2C([2H])([2H])C(=O)N(C([2H])([2H])c2c([2H])c([2H])c(-c3c([2H])c([2H])c(C(F)(F)F)c([2H])c3[2H])c([2H])c2C)C2([2H])C([2H])([2H])C([2H])([2H])N(C([2H])([2H])C([2H])([2H])OC)C([2H])([2H])C2([2H])[2H])c1[2H]. The van der Waals surface area contributed by atoms with Crippen LogP contribution in [0.3, 0.4) is 0 Å². The number of pyridine rings is 1. The molecule has 0 radical (unpaired) electrons. The van der Waals surface area contributed by atoms with E-state index >= 15 is 9.18 Å². The number of aromatic nitrogens is 1. The van der Waals surface area contributed by atoms with Gasteiger partial charge >= 0.3 is 6.18 Å². The molecule has 0 aliphatic carbocycles. The summed E-state index contributed by atoms with van der Waals surface area (Å²) in [6, 6.07) is -29.1. The highest BCUT2D eigenvalue weighted by molar-refractivity contribution is 7.98. The normalized spacial score (nSPS) is 28.4. The van der Waals surface area contributed by atoms with Crippen molar-refractivity contribution in [2.24, 2.45) is 0 Å². The molecule has 0 unspecified atom stereocenters. The minimum Gasteiger partial charge on any atom is -0.383 e. The number of thioether (sulfide) groups is 1. The van der Waals surface area contributed by atoms with Crippen molar-refractivity contribution in [3.8, 4) is 11.1 Å². The minimum atomic E-state index is -5.60. The molecule has 5 aromatic rings. The fourth-order valence-electron chi connectivity index (χ4n) is 4.12. The maximum absolute atomic E-state index is 16.1. The van der Waals surface area contributed by atoms with Crippen LogP contribution in [0, 0.1) is 18.6 Å². The zero-order valence-corrected chi connectivity index (χ0v) is 27.4. The van der Waals surface area contributed by atoms with E-state index < -0.39 is 247 Å². The maximum Gasteiger partial charge on any atom is 0.416 e. The lowest BCUT2D eigenvalue weighted by Gasteiger charge is -2.39. The molecular formula is C41H40F5N3O3S. The van der Waals surface area contributed by atoms with Gasteiger partial charge < -0.3 is 19.1 Å². The summed E-state index contributed by atoms with van der Waals surface area (Å²) in [5.41, 5.74) is -12.7. The number of hydrogen-bond donors (Lipinski definition) is 0. The summed E-state index contributed by atoms with van der Waals surface area (Å²) < 4.78 is 360. The fraction of sp³-hybridized carbons (Fsp3) is 0.317. The summed E-state index contributed by atoms with van der Waals surface area (Å²) in [5, 5.41) is -3.00. The molecule has 2 heterocycles. The van der Waals surface area contributed by atoms with Gasteiger partial charge in [-0.3, -0.25) is 9.59 Å². The van der Waals surface area contributed by atoms with Crippen LogP contribution in [-0.2, 0) is 34.5 Å². The number of alkyl halides is 3. The first-order valence-electron chi connectivity index (χ1n) is 30.3. The Labute approximate surface area is 354 Å². The third-order valence-corrected chi connectivity index (χ3v) is 7.58. The van der Waals surface area contributed by atoms with Crippen molar-refractivity contribution in [3.63, 3.8) is 0 Å². The van der Waals surface area contributed by atoms with Crippen molar-refractivity contribution >= 4 is 28.6 Å². The smallest absolute Gasteiger partial charge is 0.383 e. The Morgan fingerprint density at radius 1 is 1.00 bits per heavy atom. The lowest BCUT2D eigenvalue weighted by molar-refractivity contribution is -0.137. The van der Waals surface area contributed by atoms with Crippen LogP contribution in [-0.4, -0.2) is 59.5 Å². The van der Waals surface area contributed by atoms with Crippen LogP contribution in [0.15, 0.2) is 100 Å². The van der Waals surface area contributed by atoms with Crippen molar-refractivity contribution in [1.29, 1.82) is 0 Å². The molecule has 1 aliphatic rings. The first-order valence-corrected chi connectivity index (χ1v) is 15.3. The maximum atomic E-state index is 16.1. The summed E-state index contributed by atoms with van der Waals surface area (Å²) >= 11 is -0.315. The van der Waals surface area contributed by atoms with Crippen molar-refractivity contribution in [1.82, 2.24) is 14.4 Å². The van der Waals surface area contributed by atoms with Gasteiger partial charge in [-0.15, -0.1) is 11.8 Å². The summed E-state index contributed by atoms with van der Waals surface area (Å²) in [6.45, 7) is -27.9. The molecule has 0 N–H and O–H groups in total. The number of benzene rings is 4. The summed E-state index contributed by atoms with van der Waals surface area (Å²) in [4.78, 5) is 27.8. The Bertz CT molecular complexity index is 3650. The summed E-state index contributed by atoms with van der Waals surface area (Å²) in [5.74, 6) is -8.73. The highest BCUT2D eigenvalue weighted by atomic mass is 32.2. The van der Waals surface area contributed by atoms with E-state index in [1.807, 2.05) is 0 Å². The predicted octanol–water partition coefficient (Wildman–Crippen LogP) is 8.71. The molecule has 53 heavy (non-hydrogen) atoms. The molecule has 4 aromatic carbocycles. The van der Waals surface area contributed by atoms with E-state index in [9.17, 15) is 34.7 Å². The molecule has 0 atom stereocenters. The Morgan fingerprint density at radius 2 is 1.72 bits per heavy atom. The molecule has 0 saturated carbocycles. The first-order chi connectivity index (χ1) is 38.1. The van der Waals surface area contributed by atoms with Gasteiger partial charge in [0.25, 0.3) is 0 Å². The molecule has 1 fully saturated rings. The molecule has 0 bridgehead atoms. The van der Waals surface area contributed by atoms with Crippen molar-refractivity contribution in [2.45, 2.75) is 55.6 Å². The number of piperidine rings is 1. The number of carbonyl (C=O) groups is 1. The Morgan fingerprint density at radius 3 is 2.43 bits per heavy atom. The lowest BCUT2D eigenvalue weighted by atomic mass is 9.97. The lowest BCUT2D eigenvalue weighted by Crippen LogP contribution is -2.48. The van der Waals surface area contributed by atoms with E-state index in [-0.39, 0.29) is 11.8 Å². The number of nitrogens with zero attached hydrogens (tertiary/aromatic N) is 3. The summed E-state index contributed by atoms with van der Waals surface area (Å²) in [7, 11) is 0.413. The summed E-state index contributed by atoms with van der Waals surface area (Å²) in [6.07, 6.45) is -16.0. The second-order valence-electron chi connectivity index (χ2n) is 10.0. The quantitative estimate of drug-likeness (QED) is 0.0937. The van der Waals surface area contributed by atoms with E-state index in [2.05, 4.69) is 4.74 Å². The number of hydrogen-bond acceptors (Lipinski definition) is 5. The van der Waals surface area contributed by atoms with E-state index in [4.69, 9.17) is 31.5 Å². The van der Waals surface area contributed by atoms with Crippen molar-refractivity contribution in [2.75, 3.05) is 33.2 Å². The number of likely N-dealkylation sites (tertiary alicyclic amines) is 1. The van der Waals surface area contributed by atoms with Gasteiger partial charge in [0.2, 0.25) is 5.91 Å². The van der Waals surface area contributed by atoms with Crippen LogP contribution in [0.25, 0.3) is 22.0 Å². The zero-order chi connectivity index (χ0) is 66.0. The monoisotopic (exact) mass is 781 g/mol. The topological polar surface area (TPSA) is 54.8 Å². The van der Waals surface area contributed by atoms with Gasteiger partial charge in [-0.05, 0) is 72.1 Å². The molecule has 12 heteroatoms. The van der Waals surface area contributed by atoms with Crippen molar-refractivity contribution < 1.29 is 75.3 Å². The average molecular weight is 782 g/mol. The third-order valence-electron chi connectivity index (χ3n) is 6.59. The van der Waals surface area contributed by atoms with Gasteiger partial charge in [-0.2, -0.15) is 13.2 Å². The second kappa shape index (κ2) is 16.7. The number of para-hydroxylation sites is 1. The molecule has 1 amide bonds. The van der Waals surface area contributed by atoms with Gasteiger partial charge in [-0.25, -0.2) is 8.78 Å². The number of carbonyl (C=O) groups excluding carboxylic acids is 1. The van der Waals surface area contributed by atoms with E-state index in [0.29, 0.717) is 14.0 Å². The van der Waals surface area contributed by atoms with Crippen LogP contribution < -0.4 is 5.43 Å². The number of ether oxygens (including phenoxy) is 1. The second-order valence-corrected chi connectivity index (χ2v) is 11.0. The average Bonchev–Trinajstić information content (AvgIpc) is 2.11. The number of halogens is 5. The number of fused-ring (bicyclic) bond motifs is 1. The first kappa shape index (κ1) is 15.0. The van der Waals surface area contributed by atoms with Crippen molar-refractivity contribution in [3.05, 3.63) is 135 Å². The highest BCUT2D eigenvalue weighted by Crippen LogP contribution is 2.32. The molecule has 0 spiro atoms.